The van der Waals surface area contributed by atoms with Crippen LogP contribution in [0.15, 0.2) is 42.6 Å². The van der Waals surface area contributed by atoms with E-state index in [1.54, 1.807) is 24.3 Å². The van der Waals surface area contributed by atoms with Gasteiger partial charge in [-0.25, -0.2) is 9.78 Å². The summed E-state index contributed by atoms with van der Waals surface area (Å²) >= 11 is 0. The van der Waals surface area contributed by atoms with Crippen molar-refractivity contribution in [3.05, 3.63) is 59.4 Å². The molecule has 2 rings (SSSR count). The molecule has 0 bridgehead atoms. The molecular weight excluding hydrogens is 246 g/mol. The zero-order chi connectivity index (χ0) is 13.7. The summed E-state index contributed by atoms with van der Waals surface area (Å²) in [5.74, 6) is -0.616. The lowest BCUT2D eigenvalue weighted by molar-refractivity contribution is 0.0696. The highest BCUT2D eigenvalue weighted by Crippen LogP contribution is 2.15. The zero-order valence-electron chi connectivity index (χ0n) is 9.95. The van der Waals surface area contributed by atoms with Crippen molar-refractivity contribution in [2.24, 2.45) is 0 Å². The Labute approximate surface area is 109 Å². The van der Waals surface area contributed by atoms with Crippen LogP contribution in [-0.2, 0) is 6.61 Å². The molecule has 0 saturated heterocycles. The highest BCUT2D eigenvalue weighted by atomic mass is 16.5. The van der Waals surface area contributed by atoms with Gasteiger partial charge in [0.2, 0.25) is 0 Å². The fourth-order valence-corrected chi connectivity index (χ4v) is 1.57. The summed E-state index contributed by atoms with van der Waals surface area (Å²) in [6, 6.07) is 9.73. The Kier molecular flexibility index (Phi) is 3.87. The number of hydrogen-bond donors (Lipinski definition) is 1. The molecule has 0 fully saturated rings. The van der Waals surface area contributed by atoms with Gasteiger partial charge in [-0.05, 0) is 29.8 Å². The first-order valence-corrected chi connectivity index (χ1v) is 5.56. The van der Waals surface area contributed by atoms with Gasteiger partial charge in [-0.2, -0.15) is 0 Å². The molecule has 2 aromatic rings. The Morgan fingerprint density at radius 2 is 2.16 bits per heavy atom. The average molecular weight is 257 g/mol. The molecule has 1 heterocycles. The quantitative estimate of drug-likeness (QED) is 0.831. The number of hydrogen-bond acceptors (Lipinski definition) is 4. The Morgan fingerprint density at radius 1 is 1.32 bits per heavy atom. The van der Waals surface area contributed by atoms with Crippen LogP contribution in [0.25, 0.3) is 0 Å². The molecule has 0 aliphatic heterocycles. The van der Waals surface area contributed by atoms with Gasteiger partial charge in [-0.3, -0.25) is 4.79 Å². The maximum absolute atomic E-state index is 10.8. The number of nitrogens with zero attached hydrogens (tertiary/aromatic N) is 1. The molecule has 0 saturated carbocycles. The van der Waals surface area contributed by atoms with E-state index in [1.165, 1.54) is 18.3 Å². The topological polar surface area (TPSA) is 76.5 Å². The van der Waals surface area contributed by atoms with Crippen molar-refractivity contribution in [1.29, 1.82) is 0 Å². The van der Waals surface area contributed by atoms with Crippen molar-refractivity contribution in [2.75, 3.05) is 0 Å². The lowest BCUT2D eigenvalue weighted by Crippen LogP contribution is -2.02. The lowest BCUT2D eigenvalue weighted by atomic mass is 10.1. The summed E-state index contributed by atoms with van der Waals surface area (Å²) < 4.78 is 5.46. The fourth-order valence-electron chi connectivity index (χ4n) is 1.57. The Hall–Kier alpha value is -2.69. The number of ether oxygens (including phenoxy) is 1. The van der Waals surface area contributed by atoms with Gasteiger partial charge < -0.3 is 9.84 Å². The summed E-state index contributed by atoms with van der Waals surface area (Å²) in [7, 11) is 0. The predicted octanol–water partition coefficient (Wildman–Crippen LogP) is 2.17. The van der Waals surface area contributed by atoms with Gasteiger partial charge in [0.15, 0.2) is 6.29 Å². The van der Waals surface area contributed by atoms with E-state index in [0.717, 1.165) is 0 Å². The van der Waals surface area contributed by atoms with Crippen molar-refractivity contribution < 1.29 is 19.4 Å². The SMILES string of the molecule is O=Cc1ncccc1OCc1cccc(C(=O)O)c1. The average Bonchev–Trinajstić information content (AvgIpc) is 2.45. The number of aromatic carboxylic acids is 1. The Balaban J connectivity index is 2.12. The molecule has 96 valence electrons. The second-order valence-electron chi connectivity index (χ2n) is 3.80. The van der Waals surface area contributed by atoms with E-state index in [1.807, 2.05) is 0 Å². The van der Waals surface area contributed by atoms with E-state index in [0.29, 0.717) is 17.6 Å². The number of rotatable bonds is 5. The number of benzene rings is 1. The summed E-state index contributed by atoms with van der Waals surface area (Å²) in [5, 5.41) is 8.88. The van der Waals surface area contributed by atoms with Crippen molar-refractivity contribution in [1.82, 2.24) is 4.98 Å². The molecule has 1 aromatic carbocycles. The molecule has 0 spiro atoms. The largest absolute Gasteiger partial charge is 0.487 e. The summed E-state index contributed by atoms with van der Waals surface area (Å²) in [5.41, 5.74) is 1.13. The third-order valence-corrected chi connectivity index (χ3v) is 2.48. The van der Waals surface area contributed by atoms with Gasteiger partial charge >= 0.3 is 5.97 Å². The first kappa shape index (κ1) is 12.8. The number of carboxylic acid groups (broad SMARTS) is 1. The predicted molar refractivity (Wildman–Crippen MR) is 67.4 cm³/mol. The van der Waals surface area contributed by atoms with Crippen LogP contribution in [0, 0.1) is 0 Å². The van der Waals surface area contributed by atoms with Crippen LogP contribution in [0.5, 0.6) is 5.75 Å². The molecule has 0 unspecified atom stereocenters. The van der Waals surface area contributed by atoms with Gasteiger partial charge in [0.05, 0.1) is 5.56 Å². The third kappa shape index (κ3) is 3.16. The number of pyridine rings is 1. The smallest absolute Gasteiger partial charge is 0.335 e. The second-order valence-corrected chi connectivity index (χ2v) is 3.80. The summed E-state index contributed by atoms with van der Waals surface area (Å²) in [4.78, 5) is 25.5. The first-order valence-electron chi connectivity index (χ1n) is 5.56. The Bertz CT molecular complexity index is 610. The first-order chi connectivity index (χ1) is 9.20. The van der Waals surface area contributed by atoms with Crippen LogP contribution in [-0.4, -0.2) is 22.3 Å². The van der Waals surface area contributed by atoms with E-state index < -0.39 is 5.97 Å². The molecule has 5 heteroatoms. The highest BCUT2D eigenvalue weighted by Gasteiger charge is 2.06. The van der Waals surface area contributed by atoms with Crippen molar-refractivity contribution in [3.63, 3.8) is 0 Å². The van der Waals surface area contributed by atoms with Crippen LogP contribution in [0.3, 0.4) is 0 Å². The molecular formula is C14H11NO4. The van der Waals surface area contributed by atoms with E-state index in [4.69, 9.17) is 9.84 Å². The van der Waals surface area contributed by atoms with Crippen molar-refractivity contribution >= 4 is 12.3 Å². The standard InChI is InChI=1S/C14H11NO4/c16-8-12-13(5-2-6-15-12)19-9-10-3-1-4-11(7-10)14(17)18/h1-8H,9H2,(H,17,18). The summed E-state index contributed by atoms with van der Waals surface area (Å²) in [6.45, 7) is 0.174. The van der Waals surface area contributed by atoms with Gasteiger partial charge in [-0.1, -0.05) is 12.1 Å². The van der Waals surface area contributed by atoms with Crippen LogP contribution in [0.4, 0.5) is 0 Å². The zero-order valence-corrected chi connectivity index (χ0v) is 9.95. The minimum atomic E-state index is -0.989. The van der Waals surface area contributed by atoms with Crippen LogP contribution < -0.4 is 4.74 Å². The van der Waals surface area contributed by atoms with Gasteiger partial charge in [0.25, 0.3) is 0 Å². The molecule has 0 atom stereocenters. The number of aromatic nitrogens is 1. The third-order valence-electron chi connectivity index (χ3n) is 2.48. The van der Waals surface area contributed by atoms with Gasteiger partial charge in [-0.15, -0.1) is 0 Å². The van der Waals surface area contributed by atoms with Gasteiger partial charge in [0, 0.05) is 6.20 Å². The second kappa shape index (κ2) is 5.77. The molecule has 5 nitrogen and oxygen atoms in total. The molecule has 0 radical (unpaired) electrons. The number of carboxylic acids is 1. The summed E-state index contributed by atoms with van der Waals surface area (Å²) in [6.07, 6.45) is 2.12. The minimum absolute atomic E-state index is 0.174. The molecule has 19 heavy (non-hydrogen) atoms. The van der Waals surface area contributed by atoms with Crippen LogP contribution in [0.1, 0.15) is 26.4 Å². The fraction of sp³-hybridized carbons (Fsp3) is 0.0714. The van der Waals surface area contributed by atoms with Crippen LogP contribution >= 0.6 is 0 Å². The minimum Gasteiger partial charge on any atom is -0.487 e. The maximum atomic E-state index is 10.8. The number of carbonyl (C=O) groups is 2. The normalized spacial score (nSPS) is 9.89. The van der Waals surface area contributed by atoms with Crippen molar-refractivity contribution in [2.45, 2.75) is 6.61 Å². The Morgan fingerprint density at radius 3 is 2.89 bits per heavy atom. The molecule has 1 aromatic heterocycles. The lowest BCUT2D eigenvalue weighted by Gasteiger charge is -2.08. The molecule has 0 aliphatic rings. The number of carbonyl (C=O) groups excluding carboxylic acids is 1. The maximum Gasteiger partial charge on any atom is 0.335 e. The van der Waals surface area contributed by atoms with E-state index in [2.05, 4.69) is 4.98 Å². The van der Waals surface area contributed by atoms with Crippen molar-refractivity contribution in [3.8, 4) is 5.75 Å². The van der Waals surface area contributed by atoms with E-state index >= 15 is 0 Å². The monoisotopic (exact) mass is 257 g/mol. The molecule has 1 N–H and O–H groups in total. The highest BCUT2D eigenvalue weighted by molar-refractivity contribution is 5.87. The molecule has 0 aliphatic carbocycles. The van der Waals surface area contributed by atoms with Gasteiger partial charge in [0.1, 0.15) is 18.1 Å². The number of aldehydes is 1. The van der Waals surface area contributed by atoms with E-state index in [9.17, 15) is 9.59 Å². The van der Waals surface area contributed by atoms with E-state index in [-0.39, 0.29) is 17.9 Å². The molecule has 0 amide bonds. The van der Waals surface area contributed by atoms with Crippen LogP contribution in [0.2, 0.25) is 0 Å².